The van der Waals surface area contributed by atoms with Crippen LogP contribution in [0.2, 0.25) is 0 Å². The second-order valence-corrected chi connectivity index (χ2v) is 6.98. The lowest BCUT2D eigenvalue weighted by atomic mass is 10.4. The van der Waals surface area contributed by atoms with Crippen molar-refractivity contribution in [1.29, 1.82) is 0 Å². The zero-order valence-electron chi connectivity index (χ0n) is 10.8. The van der Waals surface area contributed by atoms with Crippen molar-refractivity contribution < 1.29 is 0 Å². The number of halogens is 1. The molecule has 0 aliphatic carbocycles. The van der Waals surface area contributed by atoms with E-state index in [-0.39, 0.29) is 0 Å². The number of fused-ring (bicyclic) bond motifs is 1. The van der Waals surface area contributed by atoms with Gasteiger partial charge < -0.3 is 5.32 Å². The van der Waals surface area contributed by atoms with Gasteiger partial charge in [0.05, 0.1) is 11.1 Å². The molecule has 0 bridgehead atoms. The summed E-state index contributed by atoms with van der Waals surface area (Å²) in [6, 6.07) is 10.3. The lowest BCUT2D eigenvalue weighted by Crippen LogP contribution is -1.99. The van der Waals surface area contributed by atoms with Gasteiger partial charge in [-0.2, -0.15) is 0 Å². The first kappa shape index (κ1) is 13.9. The number of hydrogen-bond donors (Lipinski definition) is 1. The molecule has 0 saturated heterocycles. The van der Waals surface area contributed by atoms with E-state index >= 15 is 0 Å². The topological polar surface area (TPSA) is 37.8 Å². The molecule has 102 valence electrons. The van der Waals surface area contributed by atoms with Crippen LogP contribution in [0.1, 0.15) is 5.82 Å². The molecule has 2 aromatic heterocycles. The molecule has 3 nitrogen and oxygen atoms in total. The average molecular weight is 366 g/mol. The fraction of sp³-hybridized carbons (Fsp3) is 0.143. The summed E-state index contributed by atoms with van der Waals surface area (Å²) < 4.78 is 1.09. The number of hydrogen-bond acceptors (Lipinski definition) is 5. The molecule has 0 amide bonds. The maximum atomic E-state index is 4.61. The summed E-state index contributed by atoms with van der Waals surface area (Å²) in [7, 11) is 1.89. The highest BCUT2D eigenvalue weighted by Crippen LogP contribution is 2.28. The third-order valence-corrected chi connectivity index (χ3v) is 5.13. The van der Waals surface area contributed by atoms with Crippen molar-refractivity contribution in [2.24, 2.45) is 0 Å². The SMILES string of the molecule is CNc1nc(CSc2ccc(Br)cc2)nc2sccc12. The van der Waals surface area contributed by atoms with Crippen LogP contribution in [-0.2, 0) is 5.75 Å². The van der Waals surface area contributed by atoms with Gasteiger partial charge in [0.25, 0.3) is 0 Å². The van der Waals surface area contributed by atoms with Gasteiger partial charge in [-0.1, -0.05) is 15.9 Å². The molecule has 0 aliphatic heterocycles. The van der Waals surface area contributed by atoms with Gasteiger partial charge in [-0.15, -0.1) is 23.1 Å². The number of nitrogens with zero attached hydrogens (tertiary/aromatic N) is 2. The fourth-order valence-electron chi connectivity index (χ4n) is 1.83. The number of nitrogens with one attached hydrogen (secondary N) is 1. The Hall–Kier alpha value is -1.11. The Bertz CT molecular complexity index is 725. The van der Waals surface area contributed by atoms with Crippen LogP contribution in [0.25, 0.3) is 10.2 Å². The first-order chi connectivity index (χ1) is 9.76. The monoisotopic (exact) mass is 365 g/mol. The van der Waals surface area contributed by atoms with E-state index in [4.69, 9.17) is 0 Å². The predicted molar refractivity (Wildman–Crippen MR) is 90.7 cm³/mol. The standard InChI is InChI=1S/C14H12BrN3S2/c1-16-13-11-6-7-19-14(11)18-12(17-13)8-20-10-4-2-9(15)3-5-10/h2-7H,8H2,1H3,(H,16,17,18). The molecule has 1 aromatic carbocycles. The van der Waals surface area contributed by atoms with Gasteiger partial charge in [-0.3, -0.25) is 0 Å². The molecule has 2 heterocycles. The largest absolute Gasteiger partial charge is 0.372 e. The smallest absolute Gasteiger partial charge is 0.142 e. The normalized spacial score (nSPS) is 10.9. The second-order valence-electron chi connectivity index (χ2n) is 4.12. The van der Waals surface area contributed by atoms with Crippen LogP contribution in [0.3, 0.4) is 0 Å². The number of rotatable bonds is 4. The Labute approximate surface area is 134 Å². The summed E-state index contributed by atoms with van der Waals surface area (Å²) in [5, 5.41) is 6.28. The molecular weight excluding hydrogens is 354 g/mol. The zero-order valence-corrected chi connectivity index (χ0v) is 14.0. The molecule has 0 saturated carbocycles. The maximum Gasteiger partial charge on any atom is 0.142 e. The van der Waals surface area contributed by atoms with Crippen molar-refractivity contribution >= 4 is 55.1 Å². The molecule has 0 atom stereocenters. The van der Waals surface area contributed by atoms with Gasteiger partial charge in [-0.25, -0.2) is 9.97 Å². The first-order valence-corrected chi connectivity index (χ1v) is 8.72. The van der Waals surface area contributed by atoms with Gasteiger partial charge >= 0.3 is 0 Å². The van der Waals surface area contributed by atoms with Crippen molar-refractivity contribution in [2.45, 2.75) is 10.6 Å². The fourth-order valence-corrected chi connectivity index (χ4v) is 3.63. The highest BCUT2D eigenvalue weighted by atomic mass is 79.9. The average Bonchev–Trinajstić information content (AvgIpc) is 2.94. The Kier molecular flexibility index (Phi) is 4.24. The molecule has 6 heteroatoms. The van der Waals surface area contributed by atoms with E-state index in [1.165, 1.54) is 4.90 Å². The lowest BCUT2D eigenvalue weighted by molar-refractivity contribution is 1.07. The molecule has 0 fully saturated rings. The van der Waals surface area contributed by atoms with Gasteiger partial charge in [-0.05, 0) is 35.7 Å². The van der Waals surface area contributed by atoms with E-state index in [0.717, 1.165) is 32.1 Å². The lowest BCUT2D eigenvalue weighted by Gasteiger charge is -2.05. The molecule has 20 heavy (non-hydrogen) atoms. The summed E-state index contributed by atoms with van der Waals surface area (Å²) in [4.78, 5) is 11.4. The van der Waals surface area contributed by atoms with Gasteiger partial charge in [0.15, 0.2) is 0 Å². The van der Waals surface area contributed by atoms with Crippen molar-refractivity contribution in [3.8, 4) is 0 Å². The van der Waals surface area contributed by atoms with Gasteiger partial charge in [0, 0.05) is 16.4 Å². The molecule has 0 spiro atoms. The summed E-state index contributed by atoms with van der Waals surface area (Å²) in [5.74, 6) is 2.53. The van der Waals surface area contributed by atoms with Gasteiger partial charge in [0.2, 0.25) is 0 Å². The summed E-state index contributed by atoms with van der Waals surface area (Å²) in [6.07, 6.45) is 0. The predicted octanol–water partition coefficient (Wildman–Crippen LogP) is 4.79. The van der Waals surface area contributed by atoms with E-state index in [1.54, 1.807) is 23.1 Å². The highest BCUT2D eigenvalue weighted by molar-refractivity contribution is 9.10. The van der Waals surface area contributed by atoms with Crippen LogP contribution in [0, 0.1) is 0 Å². The number of thioether (sulfide) groups is 1. The van der Waals surface area contributed by atoms with Crippen LogP contribution in [0.5, 0.6) is 0 Å². The summed E-state index contributed by atoms with van der Waals surface area (Å²) >= 11 is 6.83. The van der Waals surface area contributed by atoms with E-state index in [1.807, 2.05) is 24.6 Å². The minimum Gasteiger partial charge on any atom is -0.372 e. The van der Waals surface area contributed by atoms with Crippen LogP contribution in [-0.4, -0.2) is 17.0 Å². The van der Waals surface area contributed by atoms with E-state index in [2.05, 4.69) is 49.4 Å². The van der Waals surface area contributed by atoms with E-state index in [0.29, 0.717) is 0 Å². The van der Waals surface area contributed by atoms with Crippen LogP contribution in [0.4, 0.5) is 5.82 Å². The van der Waals surface area contributed by atoms with Gasteiger partial charge in [0.1, 0.15) is 16.5 Å². The molecule has 0 unspecified atom stereocenters. The Morgan fingerprint density at radius 1 is 1.20 bits per heavy atom. The maximum absolute atomic E-state index is 4.61. The number of benzene rings is 1. The van der Waals surface area contributed by atoms with E-state index < -0.39 is 0 Å². The first-order valence-electron chi connectivity index (χ1n) is 6.06. The van der Waals surface area contributed by atoms with Crippen LogP contribution in [0.15, 0.2) is 45.1 Å². The highest BCUT2D eigenvalue weighted by Gasteiger charge is 2.08. The molecule has 1 N–H and O–H groups in total. The third kappa shape index (κ3) is 2.97. The van der Waals surface area contributed by atoms with E-state index in [9.17, 15) is 0 Å². The molecule has 0 radical (unpaired) electrons. The molecular formula is C14H12BrN3S2. The zero-order chi connectivity index (χ0) is 13.9. The molecule has 0 aliphatic rings. The quantitative estimate of drug-likeness (QED) is 0.674. The van der Waals surface area contributed by atoms with Crippen LogP contribution < -0.4 is 5.32 Å². The summed E-state index contributed by atoms with van der Waals surface area (Å²) in [5.41, 5.74) is 0. The third-order valence-electron chi connectivity index (χ3n) is 2.79. The molecule has 3 rings (SSSR count). The Balaban J connectivity index is 1.81. The van der Waals surface area contributed by atoms with Crippen molar-refractivity contribution in [2.75, 3.05) is 12.4 Å². The minimum atomic E-state index is 0.768. The Morgan fingerprint density at radius 3 is 2.75 bits per heavy atom. The van der Waals surface area contributed by atoms with Crippen molar-refractivity contribution in [3.05, 3.63) is 46.0 Å². The van der Waals surface area contributed by atoms with Crippen molar-refractivity contribution in [1.82, 2.24) is 9.97 Å². The second kappa shape index (κ2) is 6.11. The number of anilines is 1. The number of aromatic nitrogens is 2. The summed E-state index contributed by atoms with van der Waals surface area (Å²) in [6.45, 7) is 0. The molecule has 3 aromatic rings. The Morgan fingerprint density at radius 2 is 2.00 bits per heavy atom. The minimum absolute atomic E-state index is 0.768. The number of thiophene rings is 1. The van der Waals surface area contributed by atoms with Crippen LogP contribution >= 0.6 is 39.0 Å². The van der Waals surface area contributed by atoms with Crippen molar-refractivity contribution in [3.63, 3.8) is 0 Å².